The molecule has 1 saturated heterocycles. The fraction of sp³-hybridized carbons (Fsp3) is 0.929. The van der Waals surface area contributed by atoms with Gasteiger partial charge < -0.3 is 15.4 Å². The molecule has 21 heavy (non-hydrogen) atoms. The van der Waals surface area contributed by atoms with Crippen LogP contribution in [0.2, 0.25) is 0 Å². The molecule has 1 rings (SSSR count). The van der Waals surface area contributed by atoms with Crippen molar-refractivity contribution in [2.75, 3.05) is 13.2 Å². The zero-order chi connectivity index (χ0) is 16.3. The second kappa shape index (κ2) is 6.85. The van der Waals surface area contributed by atoms with Crippen molar-refractivity contribution in [3.05, 3.63) is 0 Å². The van der Waals surface area contributed by atoms with Crippen molar-refractivity contribution in [3.8, 4) is 0 Å². The number of urea groups is 1. The first-order valence-electron chi connectivity index (χ1n) is 7.20. The van der Waals surface area contributed by atoms with Gasteiger partial charge in [0.1, 0.15) is 6.04 Å². The highest BCUT2D eigenvalue weighted by Gasteiger charge is 2.42. The van der Waals surface area contributed by atoms with Gasteiger partial charge in [-0.15, -0.1) is 0 Å². The molecule has 0 aromatic rings. The number of nitrogens with one attached hydrogen (secondary N) is 2. The zero-order valence-corrected chi connectivity index (χ0v) is 13.0. The highest BCUT2D eigenvalue weighted by atomic mass is 19.4. The van der Waals surface area contributed by atoms with Crippen molar-refractivity contribution in [2.24, 2.45) is 11.3 Å². The Morgan fingerprint density at radius 1 is 1.29 bits per heavy atom. The maximum Gasteiger partial charge on any atom is 0.408 e. The van der Waals surface area contributed by atoms with Gasteiger partial charge in [0.2, 0.25) is 0 Å². The second-order valence-electron chi connectivity index (χ2n) is 6.89. The molecule has 2 N–H and O–H groups in total. The Kier molecular flexibility index (Phi) is 5.90. The molecule has 7 heteroatoms. The van der Waals surface area contributed by atoms with E-state index < -0.39 is 23.7 Å². The molecule has 3 unspecified atom stereocenters. The molecule has 4 nitrogen and oxygen atoms in total. The number of alkyl halides is 3. The fourth-order valence-electron chi connectivity index (χ4n) is 2.33. The van der Waals surface area contributed by atoms with Gasteiger partial charge in [-0.1, -0.05) is 20.8 Å². The van der Waals surface area contributed by atoms with Crippen molar-refractivity contribution in [2.45, 2.75) is 58.8 Å². The van der Waals surface area contributed by atoms with Gasteiger partial charge in [0.15, 0.2) is 0 Å². The molecule has 3 atom stereocenters. The smallest absolute Gasteiger partial charge is 0.381 e. The highest BCUT2D eigenvalue weighted by Crippen LogP contribution is 2.30. The summed E-state index contributed by atoms with van der Waals surface area (Å²) in [4.78, 5) is 11.8. The summed E-state index contributed by atoms with van der Waals surface area (Å²) in [7, 11) is 0. The SMILES string of the molecule is CC(NC(=O)NC(CC(C)(C)C)C(F)(F)F)C1CCOC1. The minimum atomic E-state index is -4.45. The van der Waals surface area contributed by atoms with E-state index in [0.29, 0.717) is 13.2 Å². The van der Waals surface area contributed by atoms with Gasteiger partial charge in [-0.2, -0.15) is 13.2 Å². The third-order valence-electron chi connectivity index (χ3n) is 3.55. The molecular weight excluding hydrogens is 285 g/mol. The molecule has 0 aromatic carbocycles. The summed E-state index contributed by atoms with van der Waals surface area (Å²) in [6, 6.07) is -2.83. The molecule has 2 amide bonds. The van der Waals surface area contributed by atoms with Crippen LogP contribution in [0, 0.1) is 11.3 Å². The number of hydrogen-bond acceptors (Lipinski definition) is 2. The molecule has 0 aliphatic carbocycles. The van der Waals surface area contributed by atoms with E-state index in [0.717, 1.165) is 6.42 Å². The van der Waals surface area contributed by atoms with Crippen molar-refractivity contribution in [1.82, 2.24) is 10.6 Å². The van der Waals surface area contributed by atoms with Crippen LogP contribution in [-0.4, -0.2) is 37.5 Å². The Balaban J connectivity index is 2.55. The lowest BCUT2D eigenvalue weighted by atomic mass is 9.88. The van der Waals surface area contributed by atoms with E-state index in [2.05, 4.69) is 10.6 Å². The molecule has 0 saturated carbocycles. The van der Waals surface area contributed by atoms with E-state index in [-0.39, 0.29) is 18.4 Å². The average Bonchev–Trinajstić information content (AvgIpc) is 2.77. The van der Waals surface area contributed by atoms with Crippen LogP contribution in [0.3, 0.4) is 0 Å². The second-order valence-corrected chi connectivity index (χ2v) is 6.89. The van der Waals surface area contributed by atoms with Crippen LogP contribution in [0.15, 0.2) is 0 Å². The van der Waals surface area contributed by atoms with Gasteiger partial charge in [0.25, 0.3) is 0 Å². The number of rotatable bonds is 4. The van der Waals surface area contributed by atoms with Gasteiger partial charge >= 0.3 is 12.2 Å². The maximum absolute atomic E-state index is 13.0. The molecular formula is C14H25F3N2O2. The van der Waals surface area contributed by atoms with E-state index in [4.69, 9.17) is 4.74 Å². The standard InChI is InChI=1S/C14H25F3N2O2/c1-9(10-5-6-21-8-10)18-12(20)19-11(14(15,16)17)7-13(2,3)4/h9-11H,5-8H2,1-4H3,(H2,18,19,20). The molecule has 1 aliphatic rings. The number of ether oxygens (including phenoxy) is 1. The highest BCUT2D eigenvalue weighted by molar-refractivity contribution is 5.74. The Morgan fingerprint density at radius 2 is 1.90 bits per heavy atom. The number of halogens is 3. The Bertz CT molecular complexity index is 347. The first kappa shape index (κ1) is 18.1. The summed E-state index contributed by atoms with van der Waals surface area (Å²) in [6.45, 7) is 8.09. The summed E-state index contributed by atoms with van der Waals surface area (Å²) in [5, 5.41) is 4.63. The average molecular weight is 310 g/mol. The van der Waals surface area contributed by atoms with E-state index >= 15 is 0 Å². The van der Waals surface area contributed by atoms with E-state index in [1.54, 1.807) is 27.7 Å². The van der Waals surface area contributed by atoms with Crippen molar-refractivity contribution >= 4 is 6.03 Å². The predicted octanol–water partition coefficient (Wildman–Crippen LogP) is 3.08. The predicted molar refractivity (Wildman–Crippen MR) is 74.0 cm³/mol. The Hall–Kier alpha value is -0.980. The van der Waals surface area contributed by atoms with Crippen LogP contribution >= 0.6 is 0 Å². The van der Waals surface area contributed by atoms with Gasteiger partial charge in [0, 0.05) is 18.6 Å². The monoisotopic (exact) mass is 310 g/mol. The summed E-state index contributed by atoms with van der Waals surface area (Å²) in [6.07, 6.45) is -3.80. The molecule has 0 aromatic heterocycles. The topological polar surface area (TPSA) is 50.4 Å². The van der Waals surface area contributed by atoms with Crippen molar-refractivity contribution in [1.29, 1.82) is 0 Å². The van der Waals surface area contributed by atoms with Gasteiger partial charge in [-0.25, -0.2) is 4.79 Å². The van der Waals surface area contributed by atoms with Gasteiger partial charge in [-0.05, 0) is 25.2 Å². The van der Waals surface area contributed by atoms with E-state index in [9.17, 15) is 18.0 Å². The van der Waals surface area contributed by atoms with Crippen LogP contribution < -0.4 is 10.6 Å². The van der Waals surface area contributed by atoms with Crippen LogP contribution in [0.1, 0.15) is 40.5 Å². The molecule has 0 spiro atoms. The minimum absolute atomic E-state index is 0.155. The molecule has 1 heterocycles. The first-order valence-corrected chi connectivity index (χ1v) is 7.20. The van der Waals surface area contributed by atoms with Gasteiger partial charge in [0.05, 0.1) is 6.61 Å². The fourth-order valence-corrected chi connectivity index (χ4v) is 2.33. The number of carbonyl (C=O) groups excluding carboxylic acids is 1. The lowest BCUT2D eigenvalue weighted by Crippen LogP contribution is -2.53. The molecule has 0 radical (unpaired) electrons. The van der Waals surface area contributed by atoms with Crippen molar-refractivity contribution < 1.29 is 22.7 Å². The molecule has 1 aliphatic heterocycles. The quantitative estimate of drug-likeness (QED) is 0.838. The number of hydrogen-bond donors (Lipinski definition) is 2. The maximum atomic E-state index is 13.0. The van der Waals surface area contributed by atoms with Crippen LogP contribution in [0.4, 0.5) is 18.0 Å². The lowest BCUT2D eigenvalue weighted by Gasteiger charge is -2.29. The zero-order valence-electron chi connectivity index (χ0n) is 13.0. The third kappa shape index (κ3) is 6.54. The lowest BCUT2D eigenvalue weighted by molar-refractivity contribution is -0.159. The Labute approximate surface area is 123 Å². The summed E-state index contributed by atoms with van der Waals surface area (Å²) >= 11 is 0. The number of carbonyl (C=O) groups is 1. The Morgan fingerprint density at radius 3 is 2.33 bits per heavy atom. The molecule has 0 bridgehead atoms. The first-order chi connectivity index (χ1) is 9.49. The largest absolute Gasteiger partial charge is 0.408 e. The van der Waals surface area contributed by atoms with Crippen LogP contribution in [-0.2, 0) is 4.74 Å². The van der Waals surface area contributed by atoms with Crippen molar-refractivity contribution in [3.63, 3.8) is 0 Å². The normalized spacial score (nSPS) is 22.7. The summed E-state index contributed by atoms with van der Waals surface area (Å²) in [5.74, 6) is 0.155. The molecule has 124 valence electrons. The third-order valence-corrected chi connectivity index (χ3v) is 3.55. The number of amides is 2. The summed E-state index contributed by atoms with van der Waals surface area (Å²) < 4.78 is 44.2. The van der Waals surface area contributed by atoms with Gasteiger partial charge in [-0.3, -0.25) is 0 Å². The van der Waals surface area contributed by atoms with Crippen LogP contribution in [0.5, 0.6) is 0 Å². The molecule has 1 fully saturated rings. The van der Waals surface area contributed by atoms with E-state index in [1.165, 1.54) is 0 Å². The van der Waals surface area contributed by atoms with E-state index in [1.807, 2.05) is 0 Å². The summed E-state index contributed by atoms with van der Waals surface area (Å²) in [5.41, 5.74) is -0.529. The van der Waals surface area contributed by atoms with Crippen LogP contribution in [0.25, 0.3) is 0 Å². The minimum Gasteiger partial charge on any atom is -0.381 e.